The Balaban J connectivity index is 1.96. The second-order valence-corrected chi connectivity index (χ2v) is 6.32. The number of benzene rings is 1. The fourth-order valence-corrected chi connectivity index (χ4v) is 3.05. The molecule has 20 heavy (non-hydrogen) atoms. The van der Waals surface area contributed by atoms with Gasteiger partial charge in [0.1, 0.15) is 5.82 Å². The highest BCUT2D eigenvalue weighted by molar-refractivity contribution is 9.10. The maximum absolute atomic E-state index is 13.2. The number of halogens is 2. The molecule has 2 N–H and O–H groups in total. The molecule has 1 heterocycles. The van der Waals surface area contributed by atoms with Crippen molar-refractivity contribution in [3.8, 4) is 11.4 Å². The molecule has 1 aliphatic rings. The van der Waals surface area contributed by atoms with Gasteiger partial charge < -0.3 is 10.3 Å². The van der Waals surface area contributed by atoms with Crippen molar-refractivity contribution in [1.29, 1.82) is 0 Å². The summed E-state index contributed by atoms with van der Waals surface area (Å²) < 4.78 is 19.0. The van der Waals surface area contributed by atoms with Crippen molar-refractivity contribution in [1.82, 2.24) is 10.1 Å². The molecule has 0 saturated heterocycles. The Morgan fingerprint density at radius 2 is 2.30 bits per heavy atom. The Kier molecular flexibility index (Phi) is 3.38. The number of hydrogen-bond acceptors (Lipinski definition) is 4. The number of rotatable bonds is 2. The van der Waals surface area contributed by atoms with Gasteiger partial charge in [-0.25, -0.2) is 4.39 Å². The van der Waals surface area contributed by atoms with Crippen LogP contribution < -0.4 is 5.73 Å². The molecule has 6 heteroatoms. The van der Waals surface area contributed by atoms with Gasteiger partial charge in [0.05, 0.1) is 9.89 Å². The summed E-state index contributed by atoms with van der Waals surface area (Å²) >= 11 is 3.16. The van der Waals surface area contributed by atoms with Crippen LogP contribution in [0.15, 0.2) is 27.2 Å². The van der Waals surface area contributed by atoms with Crippen molar-refractivity contribution in [2.45, 2.75) is 37.6 Å². The molecule has 2 unspecified atom stereocenters. The van der Waals surface area contributed by atoms with Gasteiger partial charge >= 0.3 is 0 Å². The van der Waals surface area contributed by atoms with E-state index in [1.54, 1.807) is 12.1 Å². The zero-order valence-corrected chi connectivity index (χ0v) is 12.7. The van der Waals surface area contributed by atoms with Gasteiger partial charge in [0, 0.05) is 11.6 Å². The Labute approximate surface area is 124 Å². The van der Waals surface area contributed by atoms with E-state index in [1.807, 2.05) is 0 Å². The lowest BCUT2D eigenvalue weighted by molar-refractivity contribution is 0.278. The molecular formula is C14H15BrFN3O. The van der Waals surface area contributed by atoms with Crippen LogP contribution in [0, 0.1) is 5.82 Å². The van der Waals surface area contributed by atoms with Crippen molar-refractivity contribution >= 4 is 15.9 Å². The van der Waals surface area contributed by atoms with E-state index in [0.717, 1.165) is 19.3 Å². The van der Waals surface area contributed by atoms with Crippen LogP contribution in [0.5, 0.6) is 0 Å². The minimum atomic E-state index is -0.317. The molecule has 0 aliphatic heterocycles. The van der Waals surface area contributed by atoms with Crippen LogP contribution >= 0.6 is 15.9 Å². The summed E-state index contributed by atoms with van der Waals surface area (Å²) in [6, 6.07) is 4.68. The van der Waals surface area contributed by atoms with Crippen LogP contribution in [-0.2, 0) is 5.41 Å². The molecule has 1 saturated carbocycles. The average molecular weight is 340 g/mol. The van der Waals surface area contributed by atoms with E-state index in [-0.39, 0.29) is 17.3 Å². The van der Waals surface area contributed by atoms with Gasteiger partial charge in [-0.15, -0.1) is 0 Å². The number of nitrogens with two attached hydrogens (primary N) is 1. The largest absolute Gasteiger partial charge is 0.338 e. The first-order chi connectivity index (χ1) is 9.50. The number of nitrogens with zero attached hydrogens (tertiary/aromatic N) is 2. The predicted octanol–water partition coefficient (Wildman–Crippen LogP) is 3.41. The molecule has 4 nitrogen and oxygen atoms in total. The average Bonchev–Trinajstić information content (AvgIpc) is 3.02. The van der Waals surface area contributed by atoms with Gasteiger partial charge in [-0.1, -0.05) is 11.6 Å². The van der Waals surface area contributed by atoms with Crippen LogP contribution in [0.25, 0.3) is 11.4 Å². The van der Waals surface area contributed by atoms with Crippen molar-refractivity contribution in [2.75, 3.05) is 0 Å². The molecular weight excluding hydrogens is 325 g/mol. The molecule has 106 valence electrons. The summed E-state index contributed by atoms with van der Waals surface area (Å²) in [5, 5.41) is 4.00. The summed E-state index contributed by atoms with van der Waals surface area (Å²) in [5.41, 5.74) is 6.60. The summed E-state index contributed by atoms with van der Waals surface area (Å²) in [7, 11) is 0. The Hall–Kier alpha value is -1.27. The highest BCUT2D eigenvalue weighted by Gasteiger charge is 2.42. The zero-order valence-electron chi connectivity index (χ0n) is 11.1. The Morgan fingerprint density at radius 3 is 2.95 bits per heavy atom. The van der Waals surface area contributed by atoms with Crippen molar-refractivity contribution in [3.05, 3.63) is 34.4 Å². The molecule has 1 aromatic heterocycles. The van der Waals surface area contributed by atoms with E-state index >= 15 is 0 Å². The molecule has 0 bridgehead atoms. The summed E-state index contributed by atoms with van der Waals surface area (Å²) in [5.74, 6) is 0.709. The van der Waals surface area contributed by atoms with Gasteiger partial charge in [0.25, 0.3) is 0 Å². The third-order valence-corrected chi connectivity index (χ3v) is 4.73. The van der Waals surface area contributed by atoms with Crippen LogP contribution in [0.2, 0.25) is 0 Å². The van der Waals surface area contributed by atoms with E-state index in [0.29, 0.717) is 21.8 Å². The second-order valence-electron chi connectivity index (χ2n) is 5.47. The van der Waals surface area contributed by atoms with Gasteiger partial charge in [-0.05, 0) is 53.9 Å². The summed E-state index contributed by atoms with van der Waals surface area (Å²) in [6.45, 7) is 2.06. The third kappa shape index (κ3) is 2.16. The van der Waals surface area contributed by atoms with Crippen molar-refractivity contribution in [3.63, 3.8) is 0 Å². The van der Waals surface area contributed by atoms with E-state index in [2.05, 4.69) is 33.0 Å². The fourth-order valence-electron chi connectivity index (χ4n) is 2.67. The highest BCUT2D eigenvalue weighted by Crippen LogP contribution is 2.39. The van der Waals surface area contributed by atoms with E-state index in [9.17, 15) is 4.39 Å². The smallest absolute Gasteiger partial charge is 0.234 e. The Morgan fingerprint density at radius 1 is 1.50 bits per heavy atom. The van der Waals surface area contributed by atoms with E-state index in [4.69, 9.17) is 10.3 Å². The molecule has 0 amide bonds. The first kappa shape index (κ1) is 13.7. The lowest BCUT2D eigenvalue weighted by Gasteiger charge is -2.23. The van der Waals surface area contributed by atoms with Crippen molar-refractivity contribution in [2.24, 2.45) is 5.73 Å². The molecule has 0 radical (unpaired) electrons. The van der Waals surface area contributed by atoms with E-state index < -0.39 is 0 Å². The first-order valence-electron chi connectivity index (χ1n) is 6.56. The molecule has 3 rings (SSSR count). The molecule has 1 fully saturated rings. The highest BCUT2D eigenvalue weighted by atomic mass is 79.9. The van der Waals surface area contributed by atoms with Crippen LogP contribution in [0.3, 0.4) is 0 Å². The molecule has 1 aromatic carbocycles. The quantitative estimate of drug-likeness (QED) is 0.910. The van der Waals surface area contributed by atoms with Crippen molar-refractivity contribution < 1.29 is 8.91 Å². The van der Waals surface area contributed by atoms with Crippen LogP contribution in [0.1, 0.15) is 32.1 Å². The lowest BCUT2D eigenvalue weighted by Crippen LogP contribution is -2.38. The summed E-state index contributed by atoms with van der Waals surface area (Å²) in [4.78, 5) is 4.45. The standard InChI is InChI=1S/C14H15BrFN3O/c1-14(6-2-3-11(14)17)13-18-12(19-20-13)8-4-5-10(16)9(15)7-8/h4-5,7,11H,2-3,6,17H2,1H3. The van der Waals surface area contributed by atoms with Gasteiger partial charge in [0.15, 0.2) is 0 Å². The molecule has 2 aromatic rings. The minimum Gasteiger partial charge on any atom is -0.338 e. The maximum Gasteiger partial charge on any atom is 0.234 e. The predicted molar refractivity (Wildman–Crippen MR) is 76.6 cm³/mol. The van der Waals surface area contributed by atoms with Crippen LogP contribution in [-0.4, -0.2) is 16.2 Å². The monoisotopic (exact) mass is 339 g/mol. The van der Waals surface area contributed by atoms with Gasteiger partial charge in [-0.3, -0.25) is 0 Å². The Bertz CT molecular complexity index is 645. The lowest BCUT2D eigenvalue weighted by atomic mass is 9.85. The van der Waals surface area contributed by atoms with Gasteiger partial charge in [-0.2, -0.15) is 4.98 Å². The molecule has 1 aliphatic carbocycles. The van der Waals surface area contributed by atoms with Gasteiger partial charge in [0.2, 0.25) is 11.7 Å². The topological polar surface area (TPSA) is 64.9 Å². The normalized spacial score (nSPS) is 26.1. The number of hydrogen-bond donors (Lipinski definition) is 1. The second kappa shape index (κ2) is 4.93. The molecule has 2 atom stereocenters. The third-order valence-electron chi connectivity index (χ3n) is 4.12. The molecule has 0 spiro atoms. The fraction of sp³-hybridized carbons (Fsp3) is 0.429. The minimum absolute atomic E-state index is 0.0377. The maximum atomic E-state index is 13.2. The first-order valence-corrected chi connectivity index (χ1v) is 7.35. The number of aromatic nitrogens is 2. The van der Waals surface area contributed by atoms with E-state index in [1.165, 1.54) is 6.07 Å². The SMILES string of the molecule is CC1(c2nc(-c3ccc(F)c(Br)c3)no2)CCCC1N. The van der Waals surface area contributed by atoms with Crippen LogP contribution in [0.4, 0.5) is 4.39 Å². The summed E-state index contributed by atoms with van der Waals surface area (Å²) in [6.07, 6.45) is 2.98. The zero-order chi connectivity index (χ0) is 14.3.